The van der Waals surface area contributed by atoms with Crippen molar-refractivity contribution >= 4 is 27.5 Å². The molecule has 1 N–H and O–H groups in total. The SMILES string of the molecule is CCOc1ccccc1C(NC)c1cc(Br)ccc1Cl. The van der Waals surface area contributed by atoms with Crippen molar-refractivity contribution < 1.29 is 4.74 Å². The second-order valence-electron chi connectivity index (χ2n) is 4.36. The fraction of sp³-hybridized carbons (Fsp3) is 0.250. The molecule has 0 heterocycles. The molecule has 0 saturated carbocycles. The van der Waals surface area contributed by atoms with Crippen molar-refractivity contribution in [1.82, 2.24) is 5.32 Å². The van der Waals surface area contributed by atoms with Crippen molar-refractivity contribution in [2.75, 3.05) is 13.7 Å². The lowest BCUT2D eigenvalue weighted by atomic mass is 9.98. The van der Waals surface area contributed by atoms with Crippen molar-refractivity contribution in [3.63, 3.8) is 0 Å². The van der Waals surface area contributed by atoms with Crippen LogP contribution in [0.5, 0.6) is 5.75 Å². The Hall–Kier alpha value is -1.03. The summed E-state index contributed by atoms with van der Waals surface area (Å²) in [6, 6.07) is 13.9. The molecular formula is C16H17BrClNO. The van der Waals surface area contributed by atoms with Gasteiger partial charge < -0.3 is 10.1 Å². The molecule has 2 aromatic carbocycles. The molecule has 0 aliphatic carbocycles. The third kappa shape index (κ3) is 3.35. The monoisotopic (exact) mass is 353 g/mol. The van der Waals surface area contributed by atoms with Crippen LogP contribution in [0.3, 0.4) is 0 Å². The van der Waals surface area contributed by atoms with Crippen LogP contribution in [0.2, 0.25) is 5.02 Å². The van der Waals surface area contributed by atoms with Gasteiger partial charge >= 0.3 is 0 Å². The topological polar surface area (TPSA) is 21.3 Å². The van der Waals surface area contributed by atoms with Crippen LogP contribution in [0, 0.1) is 0 Å². The minimum atomic E-state index is -0.0113. The maximum atomic E-state index is 6.35. The molecule has 0 bridgehead atoms. The van der Waals surface area contributed by atoms with Gasteiger partial charge in [0.15, 0.2) is 0 Å². The Morgan fingerprint density at radius 1 is 1.20 bits per heavy atom. The van der Waals surface area contributed by atoms with Gasteiger partial charge in [-0.2, -0.15) is 0 Å². The molecule has 0 amide bonds. The van der Waals surface area contributed by atoms with E-state index in [1.807, 2.05) is 50.4 Å². The van der Waals surface area contributed by atoms with Crippen LogP contribution in [0.15, 0.2) is 46.9 Å². The summed E-state index contributed by atoms with van der Waals surface area (Å²) in [4.78, 5) is 0. The largest absolute Gasteiger partial charge is 0.494 e. The molecule has 4 heteroatoms. The summed E-state index contributed by atoms with van der Waals surface area (Å²) in [5.41, 5.74) is 2.10. The van der Waals surface area contributed by atoms with E-state index in [0.717, 1.165) is 26.4 Å². The average molecular weight is 355 g/mol. The van der Waals surface area contributed by atoms with E-state index in [1.54, 1.807) is 0 Å². The van der Waals surface area contributed by atoms with Gasteiger partial charge in [-0.1, -0.05) is 45.7 Å². The molecule has 1 atom stereocenters. The lowest BCUT2D eigenvalue weighted by Crippen LogP contribution is -2.19. The fourth-order valence-electron chi connectivity index (χ4n) is 2.22. The molecule has 20 heavy (non-hydrogen) atoms. The maximum Gasteiger partial charge on any atom is 0.124 e. The van der Waals surface area contributed by atoms with Gasteiger partial charge in [0.05, 0.1) is 12.6 Å². The van der Waals surface area contributed by atoms with E-state index in [1.165, 1.54) is 0 Å². The average Bonchev–Trinajstić information content (AvgIpc) is 2.45. The summed E-state index contributed by atoms with van der Waals surface area (Å²) in [7, 11) is 1.92. The van der Waals surface area contributed by atoms with Gasteiger partial charge in [-0.15, -0.1) is 0 Å². The molecule has 2 rings (SSSR count). The van der Waals surface area contributed by atoms with E-state index < -0.39 is 0 Å². The third-order valence-electron chi connectivity index (χ3n) is 3.09. The number of halogens is 2. The highest BCUT2D eigenvalue weighted by Gasteiger charge is 2.19. The Bertz CT molecular complexity index is 588. The first-order valence-electron chi connectivity index (χ1n) is 6.51. The number of benzene rings is 2. The quantitative estimate of drug-likeness (QED) is 0.832. The molecule has 106 valence electrons. The highest BCUT2D eigenvalue weighted by molar-refractivity contribution is 9.10. The molecule has 0 aromatic heterocycles. The highest BCUT2D eigenvalue weighted by Crippen LogP contribution is 2.34. The summed E-state index contributed by atoms with van der Waals surface area (Å²) in [5.74, 6) is 0.880. The van der Waals surface area contributed by atoms with Crippen molar-refractivity contribution in [2.45, 2.75) is 13.0 Å². The summed E-state index contributed by atoms with van der Waals surface area (Å²) in [6.07, 6.45) is 0. The lowest BCUT2D eigenvalue weighted by molar-refractivity contribution is 0.334. The van der Waals surface area contributed by atoms with E-state index in [9.17, 15) is 0 Å². The highest BCUT2D eigenvalue weighted by atomic mass is 79.9. The van der Waals surface area contributed by atoms with E-state index in [-0.39, 0.29) is 6.04 Å². The van der Waals surface area contributed by atoms with Crippen LogP contribution >= 0.6 is 27.5 Å². The lowest BCUT2D eigenvalue weighted by Gasteiger charge is -2.21. The van der Waals surface area contributed by atoms with E-state index >= 15 is 0 Å². The normalized spacial score (nSPS) is 12.2. The van der Waals surface area contributed by atoms with Gasteiger partial charge in [0.25, 0.3) is 0 Å². The van der Waals surface area contributed by atoms with Gasteiger partial charge in [0, 0.05) is 15.1 Å². The Balaban J connectivity index is 2.49. The summed E-state index contributed by atoms with van der Waals surface area (Å²) < 4.78 is 6.72. The zero-order valence-electron chi connectivity index (χ0n) is 11.5. The van der Waals surface area contributed by atoms with E-state index in [0.29, 0.717) is 6.61 Å². The number of hydrogen-bond acceptors (Lipinski definition) is 2. The molecule has 2 aromatic rings. The zero-order chi connectivity index (χ0) is 14.5. The standard InChI is InChI=1S/C16H17BrClNO/c1-3-20-15-7-5-4-6-12(15)16(19-2)13-10-11(17)8-9-14(13)18/h4-10,16,19H,3H2,1-2H3. The van der Waals surface area contributed by atoms with Crippen LogP contribution in [0.1, 0.15) is 24.1 Å². The minimum absolute atomic E-state index is 0.0113. The Kier molecular flexibility index (Phi) is 5.46. The van der Waals surface area contributed by atoms with Gasteiger partial charge in [0.1, 0.15) is 5.75 Å². The number of rotatable bonds is 5. The molecule has 2 nitrogen and oxygen atoms in total. The molecule has 0 fully saturated rings. The maximum absolute atomic E-state index is 6.35. The predicted octanol–water partition coefficient (Wildman–Crippen LogP) is 4.81. The molecule has 0 aliphatic heterocycles. The first-order valence-corrected chi connectivity index (χ1v) is 7.68. The van der Waals surface area contributed by atoms with Crippen molar-refractivity contribution in [3.05, 3.63) is 63.1 Å². The third-order valence-corrected chi connectivity index (χ3v) is 3.93. The van der Waals surface area contributed by atoms with E-state index in [2.05, 4.69) is 27.3 Å². The van der Waals surface area contributed by atoms with Crippen LogP contribution in [-0.4, -0.2) is 13.7 Å². The van der Waals surface area contributed by atoms with Crippen molar-refractivity contribution in [1.29, 1.82) is 0 Å². The number of ether oxygens (including phenoxy) is 1. The minimum Gasteiger partial charge on any atom is -0.494 e. The van der Waals surface area contributed by atoms with Crippen LogP contribution in [0.4, 0.5) is 0 Å². The molecule has 1 unspecified atom stereocenters. The number of hydrogen-bond donors (Lipinski definition) is 1. The van der Waals surface area contributed by atoms with Crippen LogP contribution < -0.4 is 10.1 Å². The molecule has 0 radical (unpaired) electrons. The van der Waals surface area contributed by atoms with Crippen molar-refractivity contribution in [3.8, 4) is 5.75 Å². The molecule has 0 spiro atoms. The Morgan fingerprint density at radius 2 is 1.95 bits per heavy atom. The van der Waals surface area contributed by atoms with Crippen LogP contribution in [0.25, 0.3) is 0 Å². The van der Waals surface area contributed by atoms with Gasteiger partial charge in [-0.25, -0.2) is 0 Å². The molecule has 0 saturated heterocycles. The second-order valence-corrected chi connectivity index (χ2v) is 5.68. The molecule has 0 aliphatic rings. The fourth-order valence-corrected chi connectivity index (χ4v) is 2.83. The Morgan fingerprint density at radius 3 is 2.65 bits per heavy atom. The van der Waals surface area contributed by atoms with E-state index in [4.69, 9.17) is 16.3 Å². The summed E-state index contributed by atoms with van der Waals surface area (Å²) in [6.45, 7) is 2.62. The molecular weight excluding hydrogens is 338 g/mol. The zero-order valence-corrected chi connectivity index (χ0v) is 13.8. The Labute approximate surface area is 133 Å². The predicted molar refractivity (Wildman–Crippen MR) is 87.7 cm³/mol. The summed E-state index contributed by atoms with van der Waals surface area (Å²) in [5, 5.41) is 4.05. The van der Waals surface area contributed by atoms with Gasteiger partial charge in [0.2, 0.25) is 0 Å². The summed E-state index contributed by atoms with van der Waals surface area (Å²) >= 11 is 9.85. The van der Waals surface area contributed by atoms with Crippen LogP contribution in [-0.2, 0) is 0 Å². The number of nitrogens with one attached hydrogen (secondary N) is 1. The first kappa shape index (κ1) is 15.4. The smallest absolute Gasteiger partial charge is 0.124 e. The van der Waals surface area contributed by atoms with Crippen molar-refractivity contribution in [2.24, 2.45) is 0 Å². The number of para-hydroxylation sites is 1. The first-order chi connectivity index (χ1) is 9.67. The van der Waals surface area contributed by atoms with Gasteiger partial charge in [-0.05, 0) is 43.8 Å². The van der Waals surface area contributed by atoms with Gasteiger partial charge in [-0.3, -0.25) is 0 Å². The second kappa shape index (κ2) is 7.11.